The molecule has 1 heterocycles. The summed E-state index contributed by atoms with van der Waals surface area (Å²) in [6.45, 7) is 4.26. The Kier molecular flexibility index (Phi) is 6.59. The topological polar surface area (TPSA) is 38.3 Å². The first kappa shape index (κ1) is 21.1. The fourth-order valence-corrected chi connectivity index (χ4v) is 4.85. The smallest absolute Gasteiger partial charge is 0.140 e. The van der Waals surface area contributed by atoms with Crippen molar-refractivity contribution in [2.24, 2.45) is 11.8 Å². The summed E-state index contributed by atoms with van der Waals surface area (Å²) in [4.78, 5) is 13.0. The van der Waals surface area contributed by atoms with Crippen molar-refractivity contribution in [1.29, 1.82) is 0 Å². The first-order valence-corrected chi connectivity index (χ1v) is 10.9. The van der Waals surface area contributed by atoms with Crippen LogP contribution in [0.5, 0.6) is 0 Å². The van der Waals surface area contributed by atoms with Crippen LogP contribution in [0.15, 0.2) is 42.5 Å². The van der Waals surface area contributed by atoms with Crippen LogP contribution in [0.1, 0.15) is 54.8 Å². The molecule has 1 saturated heterocycles. The van der Waals surface area contributed by atoms with Crippen molar-refractivity contribution in [1.82, 2.24) is 5.32 Å². The molecule has 5 heteroatoms. The van der Waals surface area contributed by atoms with Crippen LogP contribution in [0.2, 0.25) is 0 Å². The number of ketones is 1. The minimum Gasteiger partial charge on any atom is -0.381 e. The lowest BCUT2D eigenvalue weighted by Crippen LogP contribution is -2.33. The molecule has 0 aromatic heterocycles. The zero-order valence-electron chi connectivity index (χ0n) is 17.4. The number of fused-ring (bicyclic) bond motifs is 1. The maximum absolute atomic E-state index is 14.2. The van der Waals surface area contributed by atoms with Crippen LogP contribution in [0, 0.1) is 23.5 Å². The maximum Gasteiger partial charge on any atom is 0.140 e. The number of carbonyl (C=O) groups is 1. The number of hydrogen-bond acceptors (Lipinski definition) is 3. The number of rotatable bonds is 7. The van der Waals surface area contributed by atoms with E-state index in [-0.39, 0.29) is 23.3 Å². The molecule has 160 valence electrons. The fourth-order valence-electron chi connectivity index (χ4n) is 4.85. The summed E-state index contributed by atoms with van der Waals surface area (Å²) in [5.74, 6) is -1.14. The van der Waals surface area contributed by atoms with E-state index in [4.69, 9.17) is 4.74 Å². The summed E-state index contributed by atoms with van der Waals surface area (Å²) < 4.78 is 32.9. The van der Waals surface area contributed by atoms with Gasteiger partial charge in [-0.05, 0) is 60.4 Å². The highest BCUT2D eigenvalue weighted by atomic mass is 19.1. The third kappa shape index (κ3) is 4.62. The molecule has 1 aliphatic heterocycles. The van der Waals surface area contributed by atoms with Crippen molar-refractivity contribution in [3.8, 4) is 0 Å². The van der Waals surface area contributed by atoms with E-state index in [9.17, 15) is 13.6 Å². The fraction of sp³-hybridized carbons (Fsp3) is 0.480. The van der Waals surface area contributed by atoms with E-state index in [1.807, 2.05) is 12.1 Å². The third-order valence-electron chi connectivity index (χ3n) is 6.69. The second kappa shape index (κ2) is 9.36. The Bertz CT molecular complexity index is 894. The summed E-state index contributed by atoms with van der Waals surface area (Å²) in [6.07, 6.45) is 3.34. The predicted molar refractivity (Wildman–Crippen MR) is 112 cm³/mol. The van der Waals surface area contributed by atoms with E-state index in [2.05, 4.69) is 17.4 Å². The van der Waals surface area contributed by atoms with Gasteiger partial charge in [-0.15, -0.1) is 0 Å². The molecule has 2 aliphatic rings. The van der Waals surface area contributed by atoms with Gasteiger partial charge in [0.15, 0.2) is 0 Å². The van der Waals surface area contributed by atoms with E-state index in [1.54, 1.807) is 6.92 Å². The molecule has 1 aliphatic carbocycles. The molecule has 0 spiro atoms. The Morgan fingerprint density at radius 1 is 1.17 bits per heavy atom. The second-order valence-corrected chi connectivity index (χ2v) is 8.66. The third-order valence-corrected chi connectivity index (χ3v) is 6.69. The highest BCUT2D eigenvalue weighted by Gasteiger charge is 2.35. The SMILES string of the molecule is C[C@H](C(=O)C[C@H]1Cc2ccccc2[C@@H]1NCC1CCOCC1)c1ccc(F)cc1F. The van der Waals surface area contributed by atoms with E-state index in [0.717, 1.165) is 45.1 Å². The van der Waals surface area contributed by atoms with Crippen LogP contribution in [0.4, 0.5) is 8.78 Å². The highest BCUT2D eigenvalue weighted by Crippen LogP contribution is 2.39. The Hall–Kier alpha value is -2.11. The van der Waals surface area contributed by atoms with Gasteiger partial charge in [-0.3, -0.25) is 4.79 Å². The van der Waals surface area contributed by atoms with Gasteiger partial charge < -0.3 is 10.1 Å². The van der Waals surface area contributed by atoms with Crippen molar-refractivity contribution in [3.63, 3.8) is 0 Å². The molecule has 3 nitrogen and oxygen atoms in total. The van der Waals surface area contributed by atoms with Gasteiger partial charge in [0.2, 0.25) is 0 Å². The first-order chi connectivity index (χ1) is 14.5. The maximum atomic E-state index is 14.2. The van der Waals surface area contributed by atoms with Crippen LogP contribution < -0.4 is 5.32 Å². The second-order valence-electron chi connectivity index (χ2n) is 8.66. The number of carbonyl (C=O) groups excluding carboxylic acids is 1. The van der Waals surface area contributed by atoms with Gasteiger partial charge in [0.05, 0.1) is 0 Å². The van der Waals surface area contributed by atoms with Gasteiger partial charge in [0.25, 0.3) is 0 Å². The molecule has 2 aromatic carbocycles. The largest absolute Gasteiger partial charge is 0.381 e. The van der Waals surface area contributed by atoms with Gasteiger partial charge in [0.1, 0.15) is 17.4 Å². The van der Waals surface area contributed by atoms with Crippen molar-refractivity contribution < 1.29 is 18.3 Å². The molecule has 1 N–H and O–H groups in total. The number of nitrogens with one attached hydrogen (secondary N) is 1. The molecule has 0 saturated carbocycles. The van der Waals surface area contributed by atoms with E-state index >= 15 is 0 Å². The number of ether oxygens (including phenoxy) is 1. The number of Topliss-reactive ketones (excluding diaryl/α,β-unsaturated/α-hetero) is 1. The molecule has 2 aromatic rings. The first-order valence-electron chi connectivity index (χ1n) is 10.9. The summed E-state index contributed by atoms with van der Waals surface area (Å²) in [6, 6.07) is 11.9. The molecule has 30 heavy (non-hydrogen) atoms. The van der Waals surface area contributed by atoms with Crippen molar-refractivity contribution >= 4 is 5.78 Å². The normalized spacial score (nSPS) is 22.6. The van der Waals surface area contributed by atoms with Crippen LogP contribution in [-0.2, 0) is 16.0 Å². The van der Waals surface area contributed by atoms with Crippen LogP contribution in [0.25, 0.3) is 0 Å². The minimum atomic E-state index is -0.653. The summed E-state index contributed by atoms with van der Waals surface area (Å²) in [5.41, 5.74) is 2.81. The van der Waals surface area contributed by atoms with Crippen LogP contribution in [0.3, 0.4) is 0 Å². The van der Waals surface area contributed by atoms with E-state index < -0.39 is 17.6 Å². The Labute approximate surface area is 176 Å². The minimum absolute atomic E-state index is 0.00354. The van der Waals surface area contributed by atoms with Gasteiger partial charge in [-0.2, -0.15) is 0 Å². The van der Waals surface area contributed by atoms with Gasteiger partial charge in [-0.1, -0.05) is 37.3 Å². The van der Waals surface area contributed by atoms with Gasteiger partial charge in [-0.25, -0.2) is 8.78 Å². The number of halogens is 2. The Morgan fingerprint density at radius 2 is 1.93 bits per heavy atom. The lowest BCUT2D eigenvalue weighted by Gasteiger charge is -2.27. The predicted octanol–water partition coefficient (Wildman–Crippen LogP) is 4.96. The van der Waals surface area contributed by atoms with Crippen molar-refractivity contribution in [3.05, 3.63) is 70.8 Å². The van der Waals surface area contributed by atoms with Crippen molar-refractivity contribution in [2.45, 2.75) is 44.6 Å². The quantitative estimate of drug-likeness (QED) is 0.697. The Morgan fingerprint density at radius 3 is 2.70 bits per heavy atom. The zero-order chi connectivity index (χ0) is 21.1. The molecular formula is C25H29F2NO2. The molecule has 0 radical (unpaired) electrons. The average molecular weight is 414 g/mol. The van der Waals surface area contributed by atoms with Crippen molar-refractivity contribution in [2.75, 3.05) is 19.8 Å². The molecule has 1 fully saturated rings. The summed E-state index contributed by atoms with van der Waals surface area (Å²) >= 11 is 0. The van der Waals surface area contributed by atoms with Gasteiger partial charge in [0, 0.05) is 37.7 Å². The zero-order valence-corrected chi connectivity index (χ0v) is 17.4. The molecule has 0 bridgehead atoms. The number of hydrogen-bond donors (Lipinski definition) is 1. The molecule has 0 unspecified atom stereocenters. The number of benzene rings is 2. The lowest BCUT2D eigenvalue weighted by atomic mass is 9.87. The van der Waals surface area contributed by atoms with Crippen LogP contribution >= 0.6 is 0 Å². The van der Waals surface area contributed by atoms with Crippen LogP contribution in [-0.4, -0.2) is 25.5 Å². The van der Waals surface area contributed by atoms with E-state index in [0.29, 0.717) is 12.3 Å². The molecular weight excluding hydrogens is 384 g/mol. The summed E-state index contributed by atoms with van der Waals surface area (Å²) in [7, 11) is 0. The monoisotopic (exact) mass is 413 g/mol. The standard InChI is InChI=1S/C25H29F2NO2/c1-16(21-7-6-20(26)14-23(21)27)24(29)13-19-12-18-4-2-3-5-22(18)25(19)28-15-17-8-10-30-11-9-17/h2-7,14,16-17,19,25,28H,8-13,15H2,1H3/t16-,19+,25+/m0/s1. The molecule has 0 amide bonds. The molecule has 3 atom stereocenters. The Balaban J connectivity index is 1.46. The average Bonchev–Trinajstić information content (AvgIpc) is 3.09. The molecule has 4 rings (SSSR count). The van der Waals surface area contributed by atoms with E-state index in [1.165, 1.54) is 23.3 Å². The highest BCUT2D eigenvalue weighted by molar-refractivity contribution is 5.85. The lowest BCUT2D eigenvalue weighted by molar-refractivity contribution is -0.121. The van der Waals surface area contributed by atoms with Gasteiger partial charge >= 0.3 is 0 Å². The summed E-state index contributed by atoms with van der Waals surface area (Å²) in [5, 5.41) is 3.73.